The zero-order chi connectivity index (χ0) is 16.4. The largest absolute Gasteiger partial charge is 0.481 e. The minimum atomic E-state index is -0.981. The van der Waals surface area contributed by atoms with Gasteiger partial charge >= 0.3 is 5.97 Å². The lowest BCUT2D eigenvalue weighted by molar-refractivity contribution is -0.135. The SMILES string of the molecule is O=C(O)C/C(=C/c1cc(Br)ccc1F)c1nc2ccccc2s1. The monoisotopic (exact) mass is 391 g/mol. The fourth-order valence-electron chi connectivity index (χ4n) is 2.17. The summed E-state index contributed by atoms with van der Waals surface area (Å²) >= 11 is 4.70. The van der Waals surface area contributed by atoms with Gasteiger partial charge in [-0.25, -0.2) is 9.37 Å². The average molecular weight is 392 g/mol. The number of para-hydroxylation sites is 1. The summed E-state index contributed by atoms with van der Waals surface area (Å²) in [4.78, 5) is 15.6. The number of carboxylic acids is 1. The van der Waals surface area contributed by atoms with Gasteiger partial charge in [-0.1, -0.05) is 28.1 Å². The Bertz CT molecular complexity index is 887. The van der Waals surface area contributed by atoms with Crippen LogP contribution < -0.4 is 0 Å². The Hall–Kier alpha value is -2.05. The maximum Gasteiger partial charge on any atom is 0.307 e. The van der Waals surface area contributed by atoms with Gasteiger partial charge in [0.05, 0.1) is 16.6 Å². The molecule has 0 unspecified atom stereocenters. The number of thiazole rings is 1. The number of aliphatic carboxylic acids is 1. The van der Waals surface area contributed by atoms with Crippen LogP contribution in [-0.4, -0.2) is 16.1 Å². The molecule has 0 aliphatic heterocycles. The van der Waals surface area contributed by atoms with E-state index in [4.69, 9.17) is 5.11 Å². The lowest BCUT2D eigenvalue weighted by atomic mass is 10.1. The van der Waals surface area contributed by atoms with E-state index in [1.807, 2.05) is 24.3 Å². The van der Waals surface area contributed by atoms with E-state index in [1.165, 1.54) is 17.4 Å². The second kappa shape index (κ2) is 6.60. The van der Waals surface area contributed by atoms with E-state index in [0.717, 1.165) is 14.7 Å². The van der Waals surface area contributed by atoms with Crippen molar-refractivity contribution in [1.29, 1.82) is 0 Å². The molecule has 3 aromatic rings. The molecule has 3 nitrogen and oxygen atoms in total. The lowest BCUT2D eigenvalue weighted by Crippen LogP contribution is -1.97. The van der Waals surface area contributed by atoms with E-state index < -0.39 is 11.8 Å². The molecule has 0 saturated heterocycles. The quantitative estimate of drug-likeness (QED) is 0.663. The van der Waals surface area contributed by atoms with Crippen LogP contribution in [0.25, 0.3) is 21.9 Å². The summed E-state index contributed by atoms with van der Waals surface area (Å²) in [5.74, 6) is -1.39. The maximum absolute atomic E-state index is 14.0. The van der Waals surface area contributed by atoms with Crippen LogP contribution in [0, 0.1) is 5.82 Å². The van der Waals surface area contributed by atoms with Gasteiger partial charge in [-0.05, 0) is 42.0 Å². The third-order valence-corrected chi connectivity index (χ3v) is 4.80. The molecule has 1 aromatic heterocycles. The predicted molar refractivity (Wildman–Crippen MR) is 93.8 cm³/mol. The summed E-state index contributed by atoms with van der Waals surface area (Å²) in [6.45, 7) is 0. The molecule has 0 spiro atoms. The summed E-state index contributed by atoms with van der Waals surface area (Å²) in [5, 5.41) is 9.75. The first kappa shape index (κ1) is 15.8. The van der Waals surface area contributed by atoms with Crippen LogP contribution in [-0.2, 0) is 4.79 Å². The smallest absolute Gasteiger partial charge is 0.307 e. The molecule has 23 heavy (non-hydrogen) atoms. The minimum absolute atomic E-state index is 0.216. The highest BCUT2D eigenvalue weighted by Gasteiger charge is 2.13. The predicted octanol–water partition coefficient (Wildman–Crippen LogP) is 5.21. The third-order valence-electron chi connectivity index (χ3n) is 3.20. The highest BCUT2D eigenvalue weighted by molar-refractivity contribution is 9.10. The van der Waals surface area contributed by atoms with E-state index in [0.29, 0.717) is 16.1 Å². The summed E-state index contributed by atoms with van der Waals surface area (Å²) < 4.78 is 15.7. The summed E-state index contributed by atoms with van der Waals surface area (Å²) in [6, 6.07) is 12.1. The van der Waals surface area contributed by atoms with Gasteiger partial charge in [-0.2, -0.15) is 0 Å². The van der Waals surface area contributed by atoms with Gasteiger partial charge in [0.1, 0.15) is 10.8 Å². The van der Waals surface area contributed by atoms with Crippen molar-refractivity contribution in [2.75, 3.05) is 0 Å². The number of nitrogens with zero attached hydrogens (tertiary/aromatic N) is 1. The molecule has 0 saturated carbocycles. The van der Waals surface area contributed by atoms with Crippen molar-refractivity contribution in [2.24, 2.45) is 0 Å². The summed E-state index contributed by atoms with van der Waals surface area (Å²) in [7, 11) is 0. The van der Waals surface area contributed by atoms with Gasteiger partial charge < -0.3 is 5.11 Å². The topological polar surface area (TPSA) is 50.2 Å². The maximum atomic E-state index is 14.0. The molecule has 0 fully saturated rings. The van der Waals surface area contributed by atoms with Crippen molar-refractivity contribution in [3.05, 3.63) is 63.3 Å². The number of fused-ring (bicyclic) bond motifs is 1. The molecule has 1 N–H and O–H groups in total. The Morgan fingerprint density at radius 1 is 1.30 bits per heavy atom. The van der Waals surface area contributed by atoms with Crippen LogP contribution >= 0.6 is 27.3 Å². The fraction of sp³-hybridized carbons (Fsp3) is 0.0588. The first-order valence-corrected chi connectivity index (χ1v) is 8.37. The van der Waals surface area contributed by atoms with Crippen molar-refractivity contribution in [3.63, 3.8) is 0 Å². The van der Waals surface area contributed by atoms with Crippen molar-refractivity contribution in [3.8, 4) is 0 Å². The van der Waals surface area contributed by atoms with Crippen LogP contribution in [0.1, 0.15) is 17.0 Å². The van der Waals surface area contributed by atoms with Gasteiger partial charge in [0.25, 0.3) is 0 Å². The number of aromatic nitrogens is 1. The molecular formula is C17H11BrFNO2S. The van der Waals surface area contributed by atoms with E-state index in [2.05, 4.69) is 20.9 Å². The Balaban J connectivity index is 2.11. The number of hydrogen-bond donors (Lipinski definition) is 1. The molecule has 0 bridgehead atoms. The van der Waals surface area contributed by atoms with Gasteiger partial charge in [-0.3, -0.25) is 4.79 Å². The molecule has 2 aromatic carbocycles. The standard InChI is InChI=1S/C17H11BrFNO2S/c18-12-5-6-13(19)10(8-12)7-11(9-16(21)22)17-20-14-3-1-2-4-15(14)23-17/h1-8H,9H2,(H,21,22)/b11-7-. The normalized spacial score (nSPS) is 11.8. The molecule has 0 radical (unpaired) electrons. The van der Waals surface area contributed by atoms with Gasteiger partial charge in [0.2, 0.25) is 0 Å². The highest BCUT2D eigenvalue weighted by Crippen LogP contribution is 2.31. The van der Waals surface area contributed by atoms with Gasteiger partial charge in [-0.15, -0.1) is 11.3 Å². The minimum Gasteiger partial charge on any atom is -0.481 e. The molecule has 6 heteroatoms. The van der Waals surface area contributed by atoms with Gasteiger partial charge in [0.15, 0.2) is 0 Å². The molecular weight excluding hydrogens is 381 g/mol. The molecule has 0 aliphatic carbocycles. The molecule has 0 atom stereocenters. The van der Waals surface area contributed by atoms with Crippen molar-refractivity contribution in [2.45, 2.75) is 6.42 Å². The average Bonchev–Trinajstić information content (AvgIpc) is 2.93. The summed E-state index contributed by atoms with van der Waals surface area (Å²) in [5.41, 5.74) is 1.61. The molecule has 3 rings (SSSR count). The number of hydrogen-bond acceptors (Lipinski definition) is 3. The molecule has 0 amide bonds. The van der Waals surface area contributed by atoms with Crippen molar-refractivity contribution >= 4 is 55.1 Å². The summed E-state index contributed by atoms with van der Waals surface area (Å²) in [6.07, 6.45) is 1.33. The fourth-order valence-corrected chi connectivity index (χ4v) is 3.53. The van der Waals surface area contributed by atoms with E-state index in [1.54, 1.807) is 18.2 Å². The zero-order valence-electron chi connectivity index (χ0n) is 11.8. The Kier molecular flexibility index (Phi) is 4.54. The number of benzene rings is 2. The third kappa shape index (κ3) is 3.65. The molecule has 116 valence electrons. The van der Waals surface area contributed by atoms with E-state index in [9.17, 15) is 9.18 Å². The lowest BCUT2D eigenvalue weighted by Gasteiger charge is -2.03. The second-order valence-electron chi connectivity index (χ2n) is 4.89. The van der Waals surface area contributed by atoms with Crippen molar-refractivity contribution in [1.82, 2.24) is 4.98 Å². The van der Waals surface area contributed by atoms with Crippen LogP contribution in [0.2, 0.25) is 0 Å². The molecule has 1 heterocycles. The van der Waals surface area contributed by atoms with E-state index in [-0.39, 0.29) is 6.42 Å². The Morgan fingerprint density at radius 2 is 2.09 bits per heavy atom. The van der Waals surface area contributed by atoms with Crippen LogP contribution in [0.4, 0.5) is 4.39 Å². The molecule has 0 aliphatic rings. The first-order chi connectivity index (χ1) is 11.0. The number of halogens is 2. The van der Waals surface area contributed by atoms with Crippen molar-refractivity contribution < 1.29 is 14.3 Å². The second-order valence-corrected chi connectivity index (χ2v) is 6.84. The van der Waals surface area contributed by atoms with Crippen LogP contribution in [0.3, 0.4) is 0 Å². The van der Waals surface area contributed by atoms with E-state index >= 15 is 0 Å². The van der Waals surface area contributed by atoms with Crippen LogP contribution in [0.5, 0.6) is 0 Å². The Labute approximate surface area is 144 Å². The first-order valence-electron chi connectivity index (χ1n) is 6.76. The zero-order valence-corrected chi connectivity index (χ0v) is 14.2. The number of rotatable bonds is 4. The highest BCUT2D eigenvalue weighted by atomic mass is 79.9. The van der Waals surface area contributed by atoms with Gasteiger partial charge in [0, 0.05) is 10.0 Å². The number of carbonyl (C=O) groups is 1. The number of carboxylic acid groups (broad SMARTS) is 1. The Morgan fingerprint density at radius 3 is 2.83 bits per heavy atom. The van der Waals surface area contributed by atoms with Crippen LogP contribution in [0.15, 0.2) is 46.9 Å².